The molecule has 0 radical (unpaired) electrons. The first-order valence-corrected chi connectivity index (χ1v) is 7.22. The van der Waals surface area contributed by atoms with Crippen molar-refractivity contribution in [3.8, 4) is 0 Å². The highest BCUT2D eigenvalue weighted by molar-refractivity contribution is 5.89. The fourth-order valence-corrected chi connectivity index (χ4v) is 2.26. The molecular weight excluding hydrogens is 250 g/mol. The fourth-order valence-electron chi connectivity index (χ4n) is 2.26. The predicted octanol–water partition coefficient (Wildman–Crippen LogP) is 3.75. The molecule has 2 rings (SSSR count). The van der Waals surface area contributed by atoms with Gasteiger partial charge in [-0.05, 0) is 37.3 Å². The lowest BCUT2D eigenvalue weighted by Gasteiger charge is -2.06. The van der Waals surface area contributed by atoms with Crippen molar-refractivity contribution in [1.29, 1.82) is 0 Å². The zero-order valence-corrected chi connectivity index (χ0v) is 12.7. The van der Waals surface area contributed by atoms with Gasteiger partial charge >= 0.3 is 0 Å². The number of carbonyl (C=O) groups excluding carboxylic acids is 1. The number of rotatable bonds is 5. The molecule has 1 aromatic heterocycles. The standard InChI is InChI=1S/C17H23NO2/c1-11(2)7-8-18-16(19)9-14-10-20-17-13(4)12(3)5-6-15(14)17/h5-6,10-11H,7-9H2,1-4H3,(H,18,19). The molecule has 20 heavy (non-hydrogen) atoms. The van der Waals surface area contributed by atoms with E-state index in [0.717, 1.165) is 35.1 Å². The van der Waals surface area contributed by atoms with Crippen molar-refractivity contribution in [2.45, 2.75) is 40.5 Å². The lowest BCUT2D eigenvalue weighted by Crippen LogP contribution is -2.26. The number of nitrogens with one attached hydrogen (secondary N) is 1. The van der Waals surface area contributed by atoms with Gasteiger partial charge in [0, 0.05) is 17.5 Å². The Kier molecular flexibility index (Phi) is 4.48. The van der Waals surface area contributed by atoms with E-state index in [4.69, 9.17) is 4.42 Å². The fraction of sp³-hybridized carbons (Fsp3) is 0.471. The molecule has 108 valence electrons. The number of carbonyl (C=O) groups is 1. The Hall–Kier alpha value is -1.77. The first kappa shape index (κ1) is 14.6. The molecule has 1 N–H and O–H groups in total. The number of amides is 1. The van der Waals surface area contributed by atoms with Crippen LogP contribution in [0.5, 0.6) is 0 Å². The van der Waals surface area contributed by atoms with Gasteiger partial charge in [0.2, 0.25) is 5.91 Å². The van der Waals surface area contributed by atoms with Crippen LogP contribution in [-0.2, 0) is 11.2 Å². The van der Waals surface area contributed by atoms with E-state index in [-0.39, 0.29) is 5.91 Å². The van der Waals surface area contributed by atoms with Gasteiger partial charge in [-0.15, -0.1) is 0 Å². The van der Waals surface area contributed by atoms with E-state index in [0.29, 0.717) is 12.3 Å². The molecule has 1 heterocycles. The van der Waals surface area contributed by atoms with Gasteiger partial charge < -0.3 is 9.73 Å². The van der Waals surface area contributed by atoms with Crippen LogP contribution in [0.4, 0.5) is 0 Å². The van der Waals surface area contributed by atoms with Gasteiger partial charge in [0.05, 0.1) is 12.7 Å². The van der Waals surface area contributed by atoms with Gasteiger partial charge in [0.25, 0.3) is 0 Å². The lowest BCUT2D eigenvalue weighted by atomic mass is 10.0. The number of fused-ring (bicyclic) bond motifs is 1. The summed E-state index contributed by atoms with van der Waals surface area (Å²) in [6, 6.07) is 4.12. The van der Waals surface area contributed by atoms with Crippen molar-refractivity contribution in [1.82, 2.24) is 5.32 Å². The van der Waals surface area contributed by atoms with Crippen molar-refractivity contribution < 1.29 is 9.21 Å². The minimum atomic E-state index is 0.0616. The number of benzene rings is 1. The summed E-state index contributed by atoms with van der Waals surface area (Å²) in [6.07, 6.45) is 3.10. The summed E-state index contributed by atoms with van der Waals surface area (Å²) in [5.74, 6) is 0.669. The topological polar surface area (TPSA) is 42.2 Å². The number of aryl methyl sites for hydroxylation is 2. The second-order valence-electron chi connectivity index (χ2n) is 5.85. The normalized spacial score (nSPS) is 11.2. The van der Waals surface area contributed by atoms with Crippen LogP contribution < -0.4 is 5.32 Å². The first-order valence-electron chi connectivity index (χ1n) is 7.22. The smallest absolute Gasteiger partial charge is 0.224 e. The van der Waals surface area contributed by atoms with Crippen LogP contribution in [-0.4, -0.2) is 12.5 Å². The van der Waals surface area contributed by atoms with E-state index in [1.54, 1.807) is 6.26 Å². The average Bonchev–Trinajstić information content (AvgIpc) is 2.77. The number of hydrogen-bond acceptors (Lipinski definition) is 2. The Morgan fingerprint density at radius 1 is 1.30 bits per heavy atom. The van der Waals surface area contributed by atoms with Crippen molar-refractivity contribution >= 4 is 16.9 Å². The highest BCUT2D eigenvalue weighted by Crippen LogP contribution is 2.26. The summed E-state index contributed by atoms with van der Waals surface area (Å²) < 4.78 is 5.62. The zero-order valence-electron chi connectivity index (χ0n) is 12.7. The van der Waals surface area contributed by atoms with E-state index in [2.05, 4.69) is 32.2 Å². The highest BCUT2D eigenvalue weighted by Gasteiger charge is 2.12. The number of hydrogen-bond donors (Lipinski definition) is 1. The van der Waals surface area contributed by atoms with E-state index in [1.165, 1.54) is 5.56 Å². The molecule has 0 spiro atoms. The summed E-state index contributed by atoms with van der Waals surface area (Å²) in [6.45, 7) is 9.16. The van der Waals surface area contributed by atoms with Gasteiger partial charge in [0.15, 0.2) is 0 Å². The lowest BCUT2D eigenvalue weighted by molar-refractivity contribution is -0.120. The van der Waals surface area contributed by atoms with Crippen molar-refractivity contribution in [3.05, 3.63) is 35.1 Å². The quantitative estimate of drug-likeness (QED) is 0.901. The molecule has 0 saturated carbocycles. The highest BCUT2D eigenvalue weighted by atomic mass is 16.3. The van der Waals surface area contributed by atoms with Gasteiger partial charge in [-0.2, -0.15) is 0 Å². The zero-order chi connectivity index (χ0) is 14.7. The van der Waals surface area contributed by atoms with Gasteiger partial charge in [0.1, 0.15) is 5.58 Å². The predicted molar refractivity (Wildman–Crippen MR) is 81.9 cm³/mol. The van der Waals surface area contributed by atoms with Crippen molar-refractivity contribution in [2.24, 2.45) is 5.92 Å². The molecule has 0 atom stereocenters. The van der Waals surface area contributed by atoms with Crippen molar-refractivity contribution in [3.63, 3.8) is 0 Å². The van der Waals surface area contributed by atoms with Gasteiger partial charge in [-0.3, -0.25) is 4.79 Å². The Morgan fingerprint density at radius 2 is 2.05 bits per heavy atom. The molecule has 2 aromatic rings. The third-order valence-electron chi connectivity index (χ3n) is 3.74. The van der Waals surface area contributed by atoms with Gasteiger partial charge in [-0.25, -0.2) is 0 Å². The molecule has 1 aromatic carbocycles. The largest absolute Gasteiger partial charge is 0.464 e. The van der Waals surface area contributed by atoms with E-state index in [1.807, 2.05) is 13.0 Å². The molecule has 0 bridgehead atoms. The van der Waals surface area contributed by atoms with Crippen LogP contribution in [0.3, 0.4) is 0 Å². The van der Waals surface area contributed by atoms with Crippen LogP contribution in [0, 0.1) is 19.8 Å². The van der Waals surface area contributed by atoms with Crippen LogP contribution in [0.1, 0.15) is 37.0 Å². The Bertz CT molecular complexity index is 611. The molecular formula is C17H23NO2. The summed E-state index contributed by atoms with van der Waals surface area (Å²) in [7, 11) is 0. The summed E-state index contributed by atoms with van der Waals surface area (Å²) >= 11 is 0. The minimum Gasteiger partial charge on any atom is -0.464 e. The minimum absolute atomic E-state index is 0.0616. The summed E-state index contributed by atoms with van der Waals surface area (Å²) in [5, 5.41) is 4.01. The van der Waals surface area contributed by atoms with Crippen LogP contribution >= 0.6 is 0 Å². The molecule has 1 amide bonds. The molecule has 0 fully saturated rings. The Labute approximate surface area is 120 Å². The molecule has 3 nitrogen and oxygen atoms in total. The Morgan fingerprint density at radius 3 is 2.75 bits per heavy atom. The van der Waals surface area contributed by atoms with Crippen molar-refractivity contribution in [2.75, 3.05) is 6.54 Å². The van der Waals surface area contributed by atoms with Crippen LogP contribution in [0.15, 0.2) is 22.8 Å². The molecule has 0 aliphatic rings. The Balaban J connectivity index is 2.07. The molecule has 0 unspecified atom stereocenters. The summed E-state index contributed by atoms with van der Waals surface area (Å²) in [4.78, 5) is 11.9. The maximum atomic E-state index is 11.9. The molecule has 0 aliphatic heterocycles. The monoisotopic (exact) mass is 273 g/mol. The molecule has 0 aliphatic carbocycles. The van der Waals surface area contributed by atoms with Crippen LogP contribution in [0.2, 0.25) is 0 Å². The molecule has 0 saturated heterocycles. The maximum Gasteiger partial charge on any atom is 0.224 e. The third-order valence-corrected chi connectivity index (χ3v) is 3.74. The summed E-state index contributed by atoms with van der Waals surface area (Å²) in [5.41, 5.74) is 4.22. The van der Waals surface area contributed by atoms with Gasteiger partial charge in [-0.1, -0.05) is 26.0 Å². The molecule has 3 heteroatoms. The first-order chi connectivity index (χ1) is 9.49. The second-order valence-corrected chi connectivity index (χ2v) is 5.85. The van der Waals surface area contributed by atoms with E-state index >= 15 is 0 Å². The SMILES string of the molecule is Cc1ccc2c(CC(=O)NCCC(C)C)coc2c1C. The second kappa shape index (κ2) is 6.12. The van der Waals surface area contributed by atoms with E-state index < -0.39 is 0 Å². The van der Waals surface area contributed by atoms with E-state index in [9.17, 15) is 4.79 Å². The number of furan rings is 1. The maximum absolute atomic E-state index is 11.9. The average molecular weight is 273 g/mol. The third kappa shape index (κ3) is 3.21. The van der Waals surface area contributed by atoms with Crippen LogP contribution in [0.25, 0.3) is 11.0 Å².